The van der Waals surface area contributed by atoms with Crippen molar-refractivity contribution in [3.05, 3.63) is 51.7 Å². The number of nitrogens with two attached hydrogens (primary N) is 1. The number of primary amides is 1. The molecule has 3 rings (SSSR count). The van der Waals surface area contributed by atoms with Crippen molar-refractivity contribution in [2.45, 2.75) is 32.2 Å². The van der Waals surface area contributed by atoms with E-state index in [4.69, 9.17) is 5.73 Å². The first-order valence-electron chi connectivity index (χ1n) is 8.74. The summed E-state index contributed by atoms with van der Waals surface area (Å²) in [6.45, 7) is 0.582. The number of benzene rings is 1. The number of likely N-dealkylation sites (N-methyl/N-ethyl adjacent to an activating group) is 1. The summed E-state index contributed by atoms with van der Waals surface area (Å²) in [5.41, 5.74) is 7.58. The minimum atomic E-state index is -0.494. The number of aryl methyl sites for hydroxylation is 1. The average molecular weight is 376 g/mol. The largest absolute Gasteiger partial charge is 0.365 e. The van der Waals surface area contributed by atoms with E-state index in [-0.39, 0.29) is 18.3 Å². The molecule has 1 aromatic heterocycles. The number of carbonyl (C=O) groups is 2. The molecule has 1 atom stereocenters. The third kappa shape index (κ3) is 4.11. The van der Waals surface area contributed by atoms with Gasteiger partial charge in [0.25, 0.3) is 11.8 Å². The number of carbonyl (C=O) groups excluding carboxylic acids is 2. The first-order chi connectivity index (χ1) is 12.5. The van der Waals surface area contributed by atoms with Crippen molar-refractivity contribution >= 4 is 28.2 Å². The van der Waals surface area contributed by atoms with Gasteiger partial charge in [-0.1, -0.05) is 18.2 Å². The van der Waals surface area contributed by atoms with Crippen molar-refractivity contribution in [3.8, 4) is 0 Å². The fourth-order valence-corrected chi connectivity index (χ4v) is 4.70. The molecule has 0 spiro atoms. The van der Waals surface area contributed by atoms with Crippen LogP contribution in [0.25, 0.3) is 0 Å². The lowest BCUT2D eigenvalue weighted by molar-refractivity contribution is -0.885. The number of rotatable bonds is 6. The van der Waals surface area contributed by atoms with Crippen LogP contribution in [0.15, 0.2) is 24.3 Å². The highest BCUT2D eigenvalue weighted by molar-refractivity contribution is 7.17. The molecule has 1 aliphatic rings. The molecule has 1 aromatic carbocycles. The molecular formula is C19H23FN3O2S+. The lowest BCUT2D eigenvalue weighted by Gasteiger charge is -2.14. The Kier molecular flexibility index (Phi) is 5.68. The zero-order valence-electron chi connectivity index (χ0n) is 14.7. The summed E-state index contributed by atoms with van der Waals surface area (Å²) in [5, 5.41) is 3.39. The van der Waals surface area contributed by atoms with Gasteiger partial charge in [0.2, 0.25) is 0 Å². The van der Waals surface area contributed by atoms with Crippen LogP contribution in [0.4, 0.5) is 9.39 Å². The second kappa shape index (κ2) is 7.97. The molecule has 0 saturated heterocycles. The number of hydrogen-bond acceptors (Lipinski definition) is 3. The molecule has 26 heavy (non-hydrogen) atoms. The van der Waals surface area contributed by atoms with Gasteiger partial charge in [0.05, 0.1) is 12.6 Å². The summed E-state index contributed by atoms with van der Waals surface area (Å²) >= 11 is 1.45. The fraction of sp³-hybridized carbons (Fsp3) is 0.368. The van der Waals surface area contributed by atoms with Crippen LogP contribution in [0, 0.1) is 5.82 Å². The SMILES string of the molecule is C[NH+](CC(=O)Nc1sc2c(c1C(N)=O)CCCC2)Cc1ccccc1F. The predicted molar refractivity (Wildman–Crippen MR) is 100.0 cm³/mol. The van der Waals surface area contributed by atoms with E-state index in [1.807, 2.05) is 7.05 Å². The van der Waals surface area contributed by atoms with Crippen LogP contribution in [0.5, 0.6) is 0 Å². The molecule has 4 N–H and O–H groups in total. The molecule has 1 aliphatic carbocycles. The number of thiophene rings is 1. The summed E-state index contributed by atoms with van der Waals surface area (Å²) in [6, 6.07) is 6.55. The van der Waals surface area contributed by atoms with E-state index in [0.29, 0.717) is 22.7 Å². The van der Waals surface area contributed by atoms with Gasteiger partial charge in [-0.05, 0) is 37.3 Å². The van der Waals surface area contributed by atoms with Crippen molar-refractivity contribution in [1.29, 1.82) is 0 Å². The number of amides is 2. The maximum Gasteiger partial charge on any atom is 0.280 e. The number of halogens is 1. The maximum atomic E-state index is 13.7. The number of fused-ring (bicyclic) bond motifs is 1. The van der Waals surface area contributed by atoms with Crippen LogP contribution in [-0.2, 0) is 24.2 Å². The molecule has 0 bridgehead atoms. The summed E-state index contributed by atoms with van der Waals surface area (Å²) < 4.78 is 13.7. The zero-order valence-corrected chi connectivity index (χ0v) is 15.5. The average Bonchev–Trinajstić information content (AvgIpc) is 2.94. The van der Waals surface area contributed by atoms with Gasteiger partial charge in [0.1, 0.15) is 17.4 Å². The van der Waals surface area contributed by atoms with Crippen LogP contribution < -0.4 is 16.0 Å². The van der Waals surface area contributed by atoms with Crippen LogP contribution >= 0.6 is 11.3 Å². The van der Waals surface area contributed by atoms with Crippen molar-refractivity contribution in [3.63, 3.8) is 0 Å². The summed E-state index contributed by atoms with van der Waals surface area (Å²) in [4.78, 5) is 26.3. The van der Waals surface area contributed by atoms with Crippen LogP contribution in [0.2, 0.25) is 0 Å². The topological polar surface area (TPSA) is 76.6 Å². The molecule has 7 heteroatoms. The van der Waals surface area contributed by atoms with Gasteiger partial charge in [-0.2, -0.15) is 0 Å². The molecular weight excluding hydrogens is 353 g/mol. The van der Waals surface area contributed by atoms with Crippen molar-refractivity contribution in [1.82, 2.24) is 0 Å². The predicted octanol–water partition coefficient (Wildman–Crippen LogP) is 1.52. The monoisotopic (exact) mass is 376 g/mol. The van der Waals surface area contributed by atoms with Gasteiger partial charge in [-0.15, -0.1) is 11.3 Å². The standard InChI is InChI=1S/C19H22FN3O2S/c1-23(10-12-6-2-4-8-14(12)20)11-16(24)22-19-17(18(21)25)13-7-3-5-9-15(13)26-19/h2,4,6,8H,3,5,7,9-11H2,1H3,(H2,21,25)(H,22,24)/p+1. The Balaban J connectivity index is 1.67. The van der Waals surface area contributed by atoms with E-state index in [1.54, 1.807) is 18.2 Å². The number of anilines is 1. The number of hydrogen-bond donors (Lipinski definition) is 3. The first kappa shape index (κ1) is 18.5. The maximum absolute atomic E-state index is 13.7. The number of nitrogens with one attached hydrogen (secondary N) is 2. The van der Waals surface area contributed by atoms with Crippen LogP contribution in [-0.4, -0.2) is 25.4 Å². The van der Waals surface area contributed by atoms with Crippen molar-refractivity contribution < 1.29 is 18.9 Å². The third-order valence-electron chi connectivity index (χ3n) is 4.58. The van der Waals surface area contributed by atoms with E-state index >= 15 is 0 Å². The molecule has 0 saturated carbocycles. The van der Waals surface area contributed by atoms with Gasteiger partial charge in [-0.25, -0.2) is 4.39 Å². The lowest BCUT2D eigenvalue weighted by atomic mass is 9.95. The molecule has 1 unspecified atom stereocenters. The van der Waals surface area contributed by atoms with Crippen LogP contribution in [0.3, 0.4) is 0 Å². The fourth-order valence-electron chi connectivity index (χ4n) is 3.39. The minimum Gasteiger partial charge on any atom is -0.365 e. The van der Waals surface area contributed by atoms with Crippen molar-refractivity contribution in [2.75, 3.05) is 18.9 Å². The highest BCUT2D eigenvalue weighted by Gasteiger charge is 2.25. The Morgan fingerprint density at radius 2 is 2.00 bits per heavy atom. The Bertz CT molecular complexity index is 834. The second-order valence-electron chi connectivity index (χ2n) is 6.73. The minimum absolute atomic E-state index is 0.176. The van der Waals surface area contributed by atoms with Crippen LogP contribution in [0.1, 0.15) is 39.2 Å². The first-order valence-corrected chi connectivity index (χ1v) is 9.56. The number of quaternary nitrogens is 1. The van der Waals surface area contributed by atoms with Crippen molar-refractivity contribution in [2.24, 2.45) is 5.73 Å². The Morgan fingerprint density at radius 1 is 1.27 bits per heavy atom. The van der Waals surface area contributed by atoms with E-state index in [2.05, 4.69) is 5.32 Å². The van der Waals surface area contributed by atoms with E-state index in [1.165, 1.54) is 17.4 Å². The van der Waals surface area contributed by atoms with E-state index in [9.17, 15) is 14.0 Å². The molecule has 5 nitrogen and oxygen atoms in total. The Labute approximate surface area is 156 Å². The van der Waals surface area contributed by atoms with Gasteiger partial charge >= 0.3 is 0 Å². The Morgan fingerprint density at radius 3 is 2.73 bits per heavy atom. The van der Waals surface area contributed by atoms with Gasteiger partial charge in [0, 0.05) is 10.4 Å². The quantitative estimate of drug-likeness (QED) is 0.715. The zero-order chi connectivity index (χ0) is 18.7. The molecule has 2 aromatic rings. The smallest absolute Gasteiger partial charge is 0.280 e. The third-order valence-corrected chi connectivity index (χ3v) is 5.79. The summed E-state index contributed by atoms with van der Waals surface area (Å²) in [6.07, 6.45) is 3.88. The van der Waals surface area contributed by atoms with Gasteiger partial charge < -0.3 is 16.0 Å². The second-order valence-corrected chi connectivity index (χ2v) is 7.83. The molecule has 2 amide bonds. The molecule has 0 fully saturated rings. The Hall–Kier alpha value is -2.25. The molecule has 0 radical (unpaired) electrons. The normalized spacial score (nSPS) is 14.5. The highest BCUT2D eigenvalue weighted by atomic mass is 32.1. The van der Waals surface area contributed by atoms with Gasteiger partial charge in [-0.3, -0.25) is 9.59 Å². The molecule has 1 heterocycles. The lowest BCUT2D eigenvalue weighted by Crippen LogP contribution is -3.08. The highest BCUT2D eigenvalue weighted by Crippen LogP contribution is 2.37. The van der Waals surface area contributed by atoms with E-state index in [0.717, 1.165) is 41.0 Å². The summed E-state index contributed by atoms with van der Waals surface area (Å²) in [5.74, 6) is -0.971. The summed E-state index contributed by atoms with van der Waals surface area (Å²) in [7, 11) is 1.83. The molecule has 138 valence electrons. The van der Waals surface area contributed by atoms with E-state index < -0.39 is 5.91 Å². The van der Waals surface area contributed by atoms with Gasteiger partial charge in [0.15, 0.2) is 6.54 Å². The molecule has 0 aliphatic heterocycles.